The molecule has 6 nitrogen and oxygen atoms in total. The van der Waals surface area contributed by atoms with Crippen LogP contribution < -0.4 is 24.8 Å². The lowest BCUT2D eigenvalue weighted by molar-refractivity contribution is -0.892. The van der Waals surface area contributed by atoms with Gasteiger partial charge in [0.2, 0.25) is 0 Å². The van der Waals surface area contributed by atoms with Crippen molar-refractivity contribution >= 4 is 17.4 Å². The summed E-state index contributed by atoms with van der Waals surface area (Å²) in [5.74, 6) is 1.19. The Kier molecular flexibility index (Phi) is 6.58. The second kappa shape index (κ2) is 9.13. The summed E-state index contributed by atoms with van der Waals surface area (Å²) < 4.78 is 43.5. The van der Waals surface area contributed by atoms with Crippen molar-refractivity contribution < 1.29 is 32.6 Å². The number of para-hydroxylation sites is 2. The Bertz CT molecular complexity index is 819. The highest BCUT2D eigenvalue weighted by Gasteiger charge is 2.33. The van der Waals surface area contributed by atoms with Crippen LogP contribution in [0.1, 0.15) is 12.5 Å². The van der Waals surface area contributed by atoms with Crippen LogP contribution >= 0.6 is 0 Å². The van der Waals surface area contributed by atoms with Gasteiger partial charge in [0.25, 0.3) is 11.7 Å². The predicted octanol–water partition coefficient (Wildman–Crippen LogP) is 1.26. The highest BCUT2D eigenvalue weighted by molar-refractivity contribution is 5.92. The molecule has 1 fully saturated rings. The summed E-state index contributed by atoms with van der Waals surface area (Å²) in [6.07, 6.45) is -3.37. The summed E-state index contributed by atoms with van der Waals surface area (Å²) in [6.45, 7) is 5.47. The summed E-state index contributed by atoms with van der Waals surface area (Å²) in [5.41, 5.74) is -0.0498. The van der Waals surface area contributed by atoms with Gasteiger partial charge in [-0.25, -0.2) is 4.98 Å². The molecule has 1 aromatic carbocycles. The maximum Gasteiger partial charge on any atom is 0.419 e. The minimum atomic E-state index is -4.36. The Morgan fingerprint density at radius 2 is 1.93 bits per heavy atom. The fraction of sp³-hybridized carbons (Fsp3) is 0.400. The molecule has 1 saturated heterocycles. The van der Waals surface area contributed by atoms with Crippen LogP contribution in [0.25, 0.3) is 0 Å². The minimum absolute atomic E-state index is 0.0957. The fourth-order valence-electron chi connectivity index (χ4n) is 3.30. The predicted molar refractivity (Wildman–Crippen MR) is 102 cm³/mol. The Hall–Kier alpha value is -2.81. The van der Waals surface area contributed by atoms with Gasteiger partial charge in [-0.1, -0.05) is 12.1 Å². The van der Waals surface area contributed by atoms with Crippen molar-refractivity contribution in [2.24, 2.45) is 0 Å². The number of anilines is 2. The highest BCUT2D eigenvalue weighted by Crippen LogP contribution is 2.28. The minimum Gasteiger partial charge on any atom is -0.492 e. The molecule has 2 heterocycles. The molecule has 3 N–H and O–H groups in total. The van der Waals surface area contributed by atoms with Gasteiger partial charge >= 0.3 is 6.18 Å². The quantitative estimate of drug-likeness (QED) is 0.754. The standard InChI is InChI=1S/C20H23F3N4O2/c1-2-29-17-6-4-3-5-16(17)25-19(28)14-26-9-11-27(12-10-26)18-8-7-15(13-24-18)20(21,22)23/h3-8,13H,2,9-12,14H2,1H3,(H,25,28)/p+2. The molecule has 2 aromatic rings. The molecule has 0 unspecified atom stereocenters. The van der Waals surface area contributed by atoms with Gasteiger partial charge in [0, 0.05) is 6.07 Å². The third-order valence-corrected chi connectivity index (χ3v) is 4.81. The van der Waals surface area contributed by atoms with Crippen LogP contribution in [-0.2, 0) is 11.0 Å². The largest absolute Gasteiger partial charge is 0.492 e. The molecule has 0 spiro atoms. The molecular formula is C20H25F3N4O2+2. The number of pyridine rings is 1. The molecule has 0 atom stereocenters. The van der Waals surface area contributed by atoms with Crippen LogP contribution in [0.2, 0.25) is 0 Å². The molecule has 1 aliphatic heterocycles. The van der Waals surface area contributed by atoms with E-state index in [4.69, 9.17) is 4.74 Å². The third kappa shape index (κ3) is 5.60. The van der Waals surface area contributed by atoms with E-state index in [2.05, 4.69) is 10.3 Å². The summed E-state index contributed by atoms with van der Waals surface area (Å²) in [6, 6.07) is 9.83. The number of aromatic nitrogens is 1. The fourth-order valence-corrected chi connectivity index (χ4v) is 3.30. The molecule has 1 amide bonds. The maximum absolute atomic E-state index is 12.7. The number of piperazine rings is 1. The first-order chi connectivity index (χ1) is 13.9. The monoisotopic (exact) mass is 410 g/mol. The lowest BCUT2D eigenvalue weighted by atomic mass is 10.2. The van der Waals surface area contributed by atoms with Gasteiger partial charge in [-0.3, -0.25) is 9.69 Å². The number of hydrogen-bond donors (Lipinski definition) is 2. The number of nitrogens with one attached hydrogen (secondary N) is 3. The zero-order chi connectivity index (χ0) is 20.9. The number of carbonyl (C=O) groups excluding carboxylic acids is 1. The molecule has 0 radical (unpaired) electrons. The highest BCUT2D eigenvalue weighted by atomic mass is 19.4. The molecule has 156 valence electrons. The number of benzene rings is 1. The number of rotatable bonds is 6. The summed E-state index contributed by atoms with van der Waals surface area (Å²) in [4.78, 5) is 18.2. The zero-order valence-corrected chi connectivity index (χ0v) is 16.2. The van der Waals surface area contributed by atoms with Crippen LogP contribution in [0.4, 0.5) is 24.7 Å². The van der Waals surface area contributed by atoms with Gasteiger partial charge in [-0.2, -0.15) is 13.2 Å². The Balaban J connectivity index is 1.50. The number of quaternary nitrogens is 1. The number of alkyl halides is 3. The van der Waals surface area contributed by atoms with Crippen LogP contribution in [0.5, 0.6) is 5.75 Å². The van der Waals surface area contributed by atoms with Crippen LogP contribution in [0.3, 0.4) is 0 Å². The van der Waals surface area contributed by atoms with Gasteiger partial charge in [0.05, 0.1) is 17.9 Å². The Morgan fingerprint density at radius 3 is 2.55 bits per heavy atom. The van der Waals surface area contributed by atoms with E-state index < -0.39 is 11.7 Å². The normalized spacial score (nSPS) is 15.2. The van der Waals surface area contributed by atoms with Crippen molar-refractivity contribution in [3.05, 3.63) is 48.2 Å². The molecule has 1 aromatic heterocycles. The van der Waals surface area contributed by atoms with Crippen molar-refractivity contribution in [3.8, 4) is 5.75 Å². The van der Waals surface area contributed by atoms with E-state index in [1.165, 1.54) is 6.07 Å². The van der Waals surface area contributed by atoms with E-state index >= 15 is 0 Å². The SMILES string of the molecule is CCOc1ccccc1NC(=O)C[NH+]1CCN(c2ccc(C(F)(F)F)c[nH+]2)CC1. The van der Waals surface area contributed by atoms with E-state index in [0.717, 1.165) is 30.3 Å². The van der Waals surface area contributed by atoms with Crippen LogP contribution in [-0.4, -0.2) is 45.2 Å². The lowest BCUT2D eigenvalue weighted by Crippen LogP contribution is -3.15. The second-order valence-corrected chi connectivity index (χ2v) is 6.85. The first-order valence-corrected chi connectivity index (χ1v) is 9.56. The van der Waals surface area contributed by atoms with Crippen molar-refractivity contribution in [2.75, 3.05) is 49.5 Å². The average Bonchev–Trinajstić information content (AvgIpc) is 2.70. The first kappa shape index (κ1) is 20.9. The van der Waals surface area contributed by atoms with Crippen molar-refractivity contribution in [1.82, 2.24) is 0 Å². The number of halogens is 3. The number of amides is 1. The van der Waals surface area contributed by atoms with E-state index in [0.29, 0.717) is 43.5 Å². The molecule has 9 heteroatoms. The van der Waals surface area contributed by atoms with Crippen LogP contribution in [0.15, 0.2) is 42.6 Å². The molecule has 0 aliphatic carbocycles. The third-order valence-electron chi connectivity index (χ3n) is 4.81. The number of ether oxygens (including phenoxy) is 1. The van der Waals surface area contributed by atoms with Crippen molar-refractivity contribution in [2.45, 2.75) is 13.1 Å². The summed E-state index contributed by atoms with van der Waals surface area (Å²) in [7, 11) is 0. The van der Waals surface area contributed by atoms with Gasteiger partial charge in [0.15, 0.2) is 6.54 Å². The van der Waals surface area contributed by atoms with E-state index in [9.17, 15) is 18.0 Å². The molecule has 1 aliphatic rings. The van der Waals surface area contributed by atoms with Gasteiger partial charge in [-0.15, -0.1) is 0 Å². The number of H-pyrrole nitrogens is 1. The van der Waals surface area contributed by atoms with Crippen LogP contribution in [0, 0.1) is 0 Å². The first-order valence-electron chi connectivity index (χ1n) is 9.56. The number of carbonyl (C=O) groups is 1. The van der Waals surface area contributed by atoms with E-state index in [1.807, 2.05) is 30.0 Å². The molecule has 29 heavy (non-hydrogen) atoms. The average molecular weight is 410 g/mol. The molecule has 0 saturated carbocycles. The Labute approximate surface area is 167 Å². The lowest BCUT2D eigenvalue weighted by Gasteiger charge is -2.28. The van der Waals surface area contributed by atoms with Crippen molar-refractivity contribution in [1.29, 1.82) is 0 Å². The summed E-state index contributed by atoms with van der Waals surface area (Å²) in [5, 5.41) is 2.89. The summed E-state index contributed by atoms with van der Waals surface area (Å²) >= 11 is 0. The number of aromatic amines is 1. The second-order valence-electron chi connectivity index (χ2n) is 6.85. The topological polar surface area (TPSA) is 60.1 Å². The zero-order valence-electron chi connectivity index (χ0n) is 16.2. The number of nitrogens with zero attached hydrogens (tertiary/aromatic N) is 1. The molecule has 3 rings (SSSR count). The van der Waals surface area contributed by atoms with Gasteiger partial charge in [0.1, 0.15) is 38.1 Å². The van der Waals surface area contributed by atoms with Gasteiger partial charge < -0.3 is 15.0 Å². The molecule has 0 bridgehead atoms. The Morgan fingerprint density at radius 1 is 1.21 bits per heavy atom. The number of hydrogen-bond acceptors (Lipinski definition) is 3. The van der Waals surface area contributed by atoms with Crippen molar-refractivity contribution in [3.63, 3.8) is 0 Å². The maximum atomic E-state index is 12.7. The van der Waals surface area contributed by atoms with E-state index in [-0.39, 0.29) is 5.91 Å². The smallest absolute Gasteiger partial charge is 0.419 e. The van der Waals surface area contributed by atoms with E-state index in [1.54, 1.807) is 6.07 Å². The molecular weight excluding hydrogens is 385 g/mol. The van der Waals surface area contributed by atoms with Gasteiger partial charge in [-0.05, 0) is 25.1 Å².